The number of rotatable bonds is 3. The number of hydrogen-bond donors (Lipinski definition) is 0. The molecule has 2 aliphatic rings. The van der Waals surface area contributed by atoms with E-state index < -0.39 is 0 Å². The van der Waals surface area contributed by atoms with Gasteiger partial charge in [-0.1, -0.05) is 78.7 Å². The van der Waals surface area contributed by atoms with E-state index in [9.17, 15) is 0 Å². The molecule has 1 radical (unpaired) electrons. The molecule has 0 amide bonds. The second-order valence-electron chi connectivity index (χ2n) is 12.7. The van der Waals surface area contributed by atoms with Crippen LogP contribution in [0.2, 0.25) is 0 Å². The summed E-state index contributed by atoms with van der Waals surface area (Å²) < 4.78 is 12.5. The summed E-state index contributed by atoms with van der Waals surface area (Å²) in [7, 11) is 0. The molecule has 5 aromatic carbocycles. The van der Waals surface area contributed by atoms with Crippen LogP contribution in [0, 0.1) is 39.8 Å². The average molecular weight is 825 g/mol. The van der Waals surface area contributed by atoms with Crippen molar-refractivity contribution in [1.82, 2.24) is 9.97 Å². The van der Waals surface area contributed by atoms with Crippen LogP contribution in [0.3, 0.4) is 0 Å². The number of ether oxygens (including phenoxy) is 2. The summed E-state index contributed by atoms with van der Waals surface area (Å²) in [5.74, 6) is 3.40. The minimum atomic E-state index is 0. The van der Waals surface area contributed by atoms with Crippen LogP contribution in [0.15, 0.2) is 128 Å². The molecule has 0 saturated heterocycles. The molecule has 245 valence electrons. The monoisotopic (exact) mass is 825 g/mol. The maximum Gasteiger partial charge on any atom is 0.241 e. The maximum absolute atomic E-state index is 6.37. The SMILES string of the molecule is Cc1c[c-]c(-c2cc(-c3ccc(C)cc3C)c(C)cn2)cc1.[Ir].[c-]1ccc2c(c1-c1ccccn1)Oc1cccc3c1B2c1ccccc1O3. The molecule has 0 aliphatic carbocycles. The third-order valence-electron chi connectivity index (χ3n) is 9.21. The number of aromatic nitrogens is 2. The van der Waals surface area contributed by atoms with E-state index in [0.29, 0.717) is 0 Å². The zero-order valence-electron chi connectivity index (χ0n) is 28.2. The fraction of sp³-hybridized carbons (Fsp3) is 0.0909. The molecule has 2 aliphatic heterocycles. The van der Waals surface area contributed by atoms with Crippen LogP contribution in [-0.2, 0) is 20.1 Å². The van der Waals surface area contributed by atoms with Gasteiger partial charge in [0.2, 0.25) is 6.71 Å². The fourth-order valence-electron chi connectivity index (χ4n) is 6.78. The molecule has 0 N–H and O–H groups in total. The predicted molar refractivity (Wildman–Crippen MR) is 199 cm³/mol. The van der Waals surface area contributed by atoms with Crippen LogP contribution < -0.4 is 25.9 Å². The first-order valence-electron chi connectivity index (χ1n) is 16.5. The van der Waals surface area contributed by atoms with Gasteiger partial charge in [-0.3, -0.25) is 0 Å². The van der Waals surface area contributed by atoms with Crippen molar-refractivity contribution in [3.8, 4) is 56.6 Å². The minimum absolute atomic E-state index is 0. The van der Waals surface area contributed by atoms with E-state index in [-0.39, 0.29) is 26.8 Å². The molecule has 0 fully saturated rings. The van der Waals surface area contributed by atoms with Crippen LogP contribution in [0.4, 0.5) is 0 Å². The summed E-state index contributed by atoms with van der Waals surface area (Å²) in [6.07, 6.45) is 3.75. The molecular weight excluding hydrogens is 792 g/mol. The summed E-state index contributed by atoms with van der Waals surface area (Å²) in [6, 6.07) is 45.7. The van der Waals surface area contributed by atoms with Crippen molar-refractivity contribution in [1.29, 1.82) is 0 Å². The Balaban J connectivity index is 0.000000157. The molecule has 4 heterocycles. The number of benzene rings is 5. The van der Waals surface area contributed by atoms with Crippen LogP contribution >= 0.6 is 0 Å². The van der Waals surface area contributed by atoms with Gasteiger partial charge in [0.15, 0.2) is 0 Å². The summed E-state index contributed by atoms with van der Waals surface area (Å²) in [5.41, 5.74) is 14.6. The smallest absolute Gasteiger partial charge is 0.241 e. The number of nitrogens with zero attached hydrogens (tertiary/aromatic N) is 2. The Morgan fingerprint density at radius 3 is 2.16 bits per heavy atom. The first-order chi connectivity index (χ1) is 23.9. The Morgan fingerprint density at radius 1 is 0.600 bits per heavy atom. The van der Waals surface area contributed by atoms with Gasteiger partial charge < -0.3 is 19.4 Å². The molecule has 4 nitrogen and oxygen atoms in total. The van der Waals surface area contributed by atoms with E-state index in [1.165, 1.54) is 33.4 Å². The summed E-state index contributed by atoms with van der Waals surface area (Å²) >= 11 is 0. The molecule has 0 unspecified atom stereocenters. The van der Waals surface area contributed by atoms with Crippen LogP contribution in [0.25, 0.3) is 33.6 Å². The molecule has 0 atom stereocenters. The molecule has 6 heteroatoms. The van der Waals surface area contributed by atoms with E-state index in [1.54, 1.807) is 6.20 Å². The van der Waals surface area contributed by atoms with Crippen molar-refractivity contribution in [3.05, 3.63) is 162 Å². The molecule has 50 heavy (non-hydrogen) atoms. The number of aryl methyl sites for hydroxylation is 4. The summed E-state index contributed by atoms with van der Waals surface area (Å²) in [5, 5.41) is 0. The topological polar surface area (TPSA) is 44.2 Å². The standard InChI is InChI=1S/C23H13BNO2.C21H20N.Ir/c1-2-11-19-16(8-1)24-17-9-5-7-15(18-10-3-4-14-25-18)23(17)27-21-13-6-12-20(26-19)22(21)24;1-14-5-8-18(9-6-14)21-12-20(17(4)13-22-21)19-10-7-15(2)11-16(19)3;/h1-6,8-14H;5-8,10-13H,1-4H3;/q2*-1;. The van der Waals surface area contributed by atoms with Gasteiger partial charge in [0.1, 0.15) is 17.2 Å². The first kappa shape index (κ1) is 33.2. The van der Waals surface area contributed by atoms with Gasteiger partial charge >= 0.3 is 0 Å². The maximum atomic E-state index is 6.37. The van der Waals surface area contributed by atoms with Gasteiger partial charge in [0.25, 0.3) is 0 Å². The van der Waals surface area contributed by atoms with Crippen LogP contribution in [-0.4, -0.2) is 16.7 Å². The average Bonchev–Trinajstić information content (AvgIpc) is 3.13. The Bertz CT molecular complexity index is 2340. The zero-order valence-corrected chi connectivity index (χ0v) is 30.6. The minimum Gasteiger partial charge on any atom is -0.503 e. The van der Waals surface area contributed by atoms with E-state index in [4.69, 9.17) is 9.47 Å². The number of fused-ring (bicyclic) bond motifs is 4. The van der Waals surface area contributed by atoms with Crippen molar-refractivity contribution in [2.45, 2.75) is 27.7 Å². The van der Waals surface area contributed by atoms with Crippen LogP contribution in [0.5, 0.6) is 23.0 Å². The fourth-order valence-corrected chi connectivity index (χ4v) is 6.78. The molecule has 0 bridgehead atoms. The first-order valence-corrected chi connectivity index (χ1v) is 16.5. The molecular formula is C44H33BIrN2O2-2. The molecule has 9 rings (SSSR count). The van der Waals surface area contributed by atoms with E-state index in [2.05, 4.69) is 104 Å². The van der Waals surface area contributed by atoms with E-state index in [0.717, 1.165) is 61.9 Å². The van der Waals surface area contributed by atoms with Crippen molar-refractivity contribution in [2.75, 3.05) is 0 Å². The van der Waals surface area contributed by atoms with Crippen molar-refractivity contribution >= 4 is 23.1 Å². The second kappa shape index (κ2) is 13.9. The second-order valence-corrected chi connectivity index (χ2v) is 12.7. The van der Waals surface area contributed by atoms with Crippen molar-refractivity contribution in [3.63, 3.8) is 0 Å². The largest absolute Gasteiger partial charge is 0.503 e. The van der Waals surface area contributed by atoms with Crippen LogP contribution in [0.1, 0.15) is 22.3 Å². The summed E-state index contributed by atoms with van der Waals surface area (Å²) in [6.45, 7) is 8.55. The van der Waals surface area contributed by atoms with Crippen molar-refractivity contribution in [2.24, 2.45) is 0 Å². The van der Waals surface area contributed by atoms with Gasteiger partial charge in [-0.2, -0.15) is 0 Å². The number of pyridine rings is 2. The Hall–Kier alpha value is -5.29. The van der Waals surface area contributed by atoms with Crippen molar-refractivity contribution < 1.29 is 29.6 Å². The Labute approximate surface area is 307 Å². The predicted octanol–water partition coefficient (Wildman–Crippen LogP) is 8.72. The van der Waals surface area contributed by atoms with Gasteiger partial charge in [-0.15, -0.1) is 59.1 Å². The number of para-hydroxylation sites is 1. The van der Waals surface area contributed by atoms with Gasteiger partial charge in [-0.05, 0) is 84.1 Å². The summed E-state index contributed by atoms with van der Waals surface area (Å²) in [4.78, 5) is 9.08. The normalized spacial score (nSPS) is 11.7. The van der Waals surface area contributed by atoms with Gasteiger partial charge in [-0.25, -0.2) is 0 Å². The Morgan fingerprint density at radius 2 is 1.38 bits per heavy atom. The molecule has 0 saturated carbocycles. The quantitative estimate of drug-likeness (QED) is 0.132. The van der Waals surface area contributed by atoms with Gasteiger partial charge in [0.05, 0.1) is 0 Å². The molecule has 2 aromatic heterocycles. The third kappa shape index (κ3) is 6.17. The van der Waals surface area contributed by atoms with E-state index >= 15 is 0 Å². The zero-order chi connectivity index (χ0) is 33.5. The van der Waals surface area contributed by atoms with Gasteiger partial charge in [0, 0.05) is 43.7 Å². The van der Waals surface area contributed by atoms with E-state index in [1.807, 2.05) is 66.9 Å². The Kier molecular flexibility index (Phi) is 9.24. The molecule has 0 spiro atoms. The third-order valence-corrected chi connectivity index (χ3v) is 9.21. The molecule has 7 aromatic rings. The number of hydrogen-bond acceptors (Lipinski definition) is 4.